The number of nitrogens with zero attached hydrogens (tertiary/aromatic N) is 1. The number of rotatable bonds is 0. The maximum Gasteiger partial charge on any atom is 0.231 e. The molecule has 4 heteroatoms. The van der Waals surface area contributed by atoms with Gasteiger partial charge in [0.15, 0.2) is 11.5 Å². The van der Waals surface area contributed by atoms with Crippen LogP contribution < -0.4 is 14.9 Å². The van der Waals surface area contributed by atoms with Gasteiger partial charge in [-0.05, 0) is 31.0 Å². The summed E-state index contributed by atoms with van der Waals surface area (Å²) < 4.78 is 10.7. The molecule has 2 aliphatic rings. The van der Waals surface area contributed by atoms with Crippen molar-refractivity contribution in [3.8, 4) is 11.5 Å². The first kappa shape index (κ1) is 8.59. The van der Waals surface area contributed by atoms with Crippen LogP contribution in [0.4, 0.5) is 0 Å². The van der Waals surface area contributed by atoms with Crippen molar-refractivity contribution in [3.05, 3.63) is 23.3 Å². The smallest absolute Gasteiger partial charge is 0.231 e. The molecule has 0 aromatic heterocycles. The van der Waals surface area contributed by atoms with Gasteiger partial charge in [0.05, 0.1) is 6.21 Å². The van der Waals surface area contributed by atoms with Gasteiger partial charge in [0.1, 0.15) is 0 Å². The van der Waals surface area contributed by atoms with Crippen molar-refractivity contribution >= 4 is 6.21 Å². The number of hydrogen-bond acceptors (Lipinski definition) is 4. The monoisotopic (exact) mass is 204 g/mol. The third-order valence-corrected chi connectivity index (χ3v) is 2.66. The van der Waals surface area contributed by atoms with E-state index in [1.54, 1.807) is 0 Å². The Balaban J connectivity index is 2.09. The molecule has 0 saturated heterocycles. The molecule has 0 radical (unpaired) electrons. The van der Waals surface area contributed by atoms with Gasteiger partial charge >= 0.3 is 0 Å². The molecular formula is C11H12N2O2. The molecule has 0 amide bonds. The average molecular weight is 204 g/mol. The molecule has 78 valence electrons. The quantitative estimate of drug-likeness (QED) is 0.692. The van der Waals surface area contributed by atoms with Crippen LogP contribution in [0.2, 0.25) is 0 Å². The maximum absolute atomic E-state index is 5.35. The zero-order chi connectivity index (χ0) is 10.3. The summed E-state index contributed by atoms with van der Waals surface area (Å²) >= 11 is 0. The molecule has 1 N–H and O–H groups in total. The molecule has 15 heavy (non-hydrogen) atoms. The highest BCUT2D eigenvalue weighted by Crippen LogP contribution is 2.35. The van der Waals surface area contributed by atoms with Crippen LogP contribution in [0.1, 0.15) is 18.1 Å². The summed E-state index contributed by atoms with van der Waals surface area (Å²) in [5, 5.41) is 4.15. The van der Waals surface area contributed by atoms with E-state index in [1.165, 1.54) is 5.56 Å². The van der Waals surface area contributed by atoms with Gasteiger partial charge in [0, 0.05) is 11.6 Å². The minimum absolute atomic E-state index is 0.323. The first-order valence-corrected chi connectivity index (χ1v) is 5.04. The lowest BCUT2D eigenvalue weighted by atomic mass is 10.0. The Morgan fingerprint density at radius 1 is 1.33 bits per heavy atom. The minimum atomic E-state index is 0.323. The maximum atomic E-state index is 5.35. The number of hydrogen-bond donors (Lipinski definition) is 1. The third-order valence-electron chi connectivity index (χ3n) is 2.66. The molecule has 1 aromatic rings. The summed E-state index contributed by atoms with van der Waals surface area (Å²) in [5.41, 5.74) is 5.41. The fourth-order valence-electron chi connectivity index (χ4n) is 1.91. The summed E-state index contributed by atoms with van der Waals surface area (Å²) in [6.45, 7) is 2.43. The molecule has 0 saturated carbocycles. The molecule has 3 rings (SSSR count). The summed E-state index contributed by atoms with van der Waals surface area (Å²) in [7, 11) is 0. The number of nitrogens with one attached hydrogen (secondary N) is 1. The first-order chi connectivity index (χ1) is 7.33. The number of hydrazone groups is 1. The second-order valence-corrected chi connectivity index (χ2v) is 3.90. The predicted octanol–water partition coefficient (Wildman–Crippen LogP) is 1.28. The SMILES string of the molecule is CC1Cc2cc3c(cc2C=NN1)OCO3. The highest BCUT2D eigenvalue weighted by Gasteiger charge is 2.18. The summed E-state index contributed by atoms with van der Waals surface area (Å²) in [6.07, 6.45) is 2.78. The molecule has 2 aliphatic heterocycles. The second kappa shape index (κ2) is 3.15. The molecule has 1 aromatic carbocycles. The van der Waals surface area contributed by atoms with Crippen molar-refractivity contribution < 1.29 is 9.47 Å². The number of fused-ring (bicyclic) bond motifs is 2. The lowest BCUT2D eigenvalue weighted by Crippen LogP contribution is -2.21. The molecule has 1 unspecified atom stereocenters. The highest BCUT2D eigenvalue weighted by molar-refractivity contribution is 5.83. The van der Waals surface area contributed by atoms with Crippen molar-refractivity contribution in [2.24, 2.45) is 5.10 Å². The van der Waals surface area contributed by atoms with Crippen molar-refractivity contribution in [3.63, 3.8) is 0 Å². The van der Waals surface area contributed by atoms with Gasteiger partial charge in [-0.15, -0.1) is 0 Å². The van der Waals surface area contributed by atoms with E-state index in [2.05, 4.69) is 17.5 Å². The van der Waals surface area contributed by atoms with Gasteiger partial charge in [-0.1, -0.05) is 0 Å². The lowest BCUT2D eigenvalue weighted by Gasteiger charge is -2.09. The van der Waals surface area contributed by atoms with E-state index < -0.39 is 0 Å². The van der Waals surface area contributed by atoms with Gasteiger partial charge in [-0.25, -0.2) is 0 Å². The van der Waals surface area contributed by atoms with Crippen molar-refractivity contribution in [1.29, 1.82) is 0 Å². The first-order valence-electron chi connectivity index (χ1n) is 5.04. The Hall–Kier alpha value is -1.71. The van der Waals surface area contributed by atoms with Gasteiger partial charge in [0.25, 0.3) is 0 Å². The van der Waals surface area contributed by atoms with E-state index in [9.17, 15) is 0 Å². The fraction of sp³-hybridized carbons (Fsp3) is 0.364. The Labute approximate surface area is 87.9 Å². The van der Waals surface area contributed by atoms with E-state index in [4.69, 9.17) is 9.47 Å². The normalized spacial score (nSPS) is 21.8. The Kier molecular flexibility index (Phi) is 1.80. The standard InChI is InChI=1S/C11H12N2O2/c1-7-2-8-3-10-11(15-6-14-10)4-9(8)5-12-13-7/h3-5,7,13H,2,6H2,1H3. The van der Waals surface area contributed by atoms with Crippen LogP contribution in [0.25, 0.3) is 0 Å². The molecular weight excluding hydrogens is 192 g/mol. The molecule has 0 aliphatic carbocycles. The molecule has 0 fully saturated rings. The lowest BCUT2D eigenvalue weighted by molar-refractivity contribution is 0.174. The number of benzene rings is 1. The van der Waals surface area contributed by atoms with Gasteiger partial charge in [0.2, 0.25) is 6.79 Å². The third kappa shape index (κ3) is 1.42. The van der Waals surface area contributed by atoms with Crippen molar-refractivity contribution in [2.45, 2.75) is 19.4 Å². The van der Waals surface area contributed by atoms with Gasteiger partial charge in [-0.2, -0.15) is 5.10 Å². The summed E-state index contributed by atoms with van der Waals surface area (Å²) in [6, 6.07) is 4.39. The van der Waals surface area contributed by atoms with Crippen LogP contribution in [0.3, 0.4) is 0 Å². The highest BCUT2D eigenvalue weighted by atomic mass is 16.7. The van der Waals surface area contributed by atoms with Crippen LogP contribution in [0.5, 0.6) is 11.5 Å². The molecule has 1 atom stereocenters. The van der Waals surface area contributed by atoms with Crippen LogP contribution in [0, 0.1) is 0 Å². The van der Waals surface area contributed by atoms with E-state index in [-0.39, 0.29) is 0 Å². The van der Waals surface area contributed by atoms with Gasteiger partial charge in [-0.3, -0.25) is 0 Å². The van der Waals surface area contributed by atoms with Crippen LogP contribution in [-0.2, 0) is 6.42 Å². The summed E-state index contributed by atoms with van der Waals surface area (Å²) in [5.74, 6) is 1.66. The predicted molar refractivity (Wildman–Crippen MR) is 56.5 cm³/mol. The molecule has 0 spiro atoms. The van der Waals surface area contributed by atoms with Gasteiger partial charge < -0.3 is 14.9 Å². The average Bonchev–Trinajstić information content (AvgIpc) is 2.57. The topological polar surface area (TPSA) is 42.9 Å². The minimum Gasteiger partial charge on any atom is -0.454 e. The molecule has 0 bridgehead atoms. The zero-order valence-corrected chi connectivity index (χ0v) is 8.49. The Bertz CT molecular complexity index is 429. The largest absolute Gasteiger partial charge is 0.454 e. The number of ether oxygens (including phenoxy) is 2. The van der Waals surface area contributed by atoms with Crippen molar-refractivity contribution in [1.82, 2.24) is 5.43 Å². The van der Waals surface area contributed by atoms with E-state index in [0.717, 1.165) is 23.5 Å². The second-order valence-electron chi connectivity index (χ2n) is 3.90. The zero-order valence-electron chi connectivity index (χ0n) is 8.49. The van der Waals surface area contributed by atoms with E-state index >= 15 is 0 Å². The van der Waals surface area contributed by atoms with Crippen LogP contribution >= 0.6 is 0 Å². The molecule has 2 heterocycles. The Morgan fingerprint density at radius 2 is 2.13 bits per heavy atom. The van der Waals surface area contributed by atoms with Crippen molar-refractivity contribution in [2.75, 3.05) is 6.79 Å². The van der Waals surface area contributed by atoms with E-state index in [1.807, 2.05) is 18.3 Å². The fourth-order valence-corrected chi connectivity index (χ4v) is 1.91. The van der Waals surface area contributed by atoms with Crippen LogP contribution in [-0.4, -0.2) is 19.0 Å². The van der Waals surface area contributed by atoms with E-state index in [0.29, 0.717) is 12.8 Å². The summed E-state index contributed by atoms with van der Waals surface area (Å²) in [4.78, 5) is 0. The Morgan fingerprint density at radius 3 is 3.00 bits per heavy atom. The van der Waals surface area contributed by atoms with Crippen LogP contribution in [0.15, 0.2) is 17.2 Å². The molecule has 4 nitrogen and oxygen atoms in total.